The Hall–Kier alpha value is -1.71. The fourth-order valence-corrected chi connectivity index (χ4v) is 2.58. The van der Waals surface area contributed by atoms with Gasteiger partial charge in [-0.15, -0.1) is 0 Å². The van der Waals surface area contributed by atoms with Crippen molar-refractivity contribution in [2.45, 2.75) is 44.6 Å². The lowest BCUT2D eigenvalue weighted by molar-refractivity contribution is 0.0601. The number of carbonyl (C=O) groups is 1. The van der Waals surface area contributed by atoms with E-state index >= 15 is 0 Å². The van der Waals surface area contributed by atoms with Crippen LogP contribution < -0.4 is 11.1 Å². The van der Waals surface area contributed by atoms with Gasteiger partial charge >= 0.3 is 5.97 Å². The van der Waals surface area contributed by atoms with Crippen LogP contribution in [0.2, 0.25) is 0 Å². The number of benzene rings is 1. The van der Waals surface area contributed by atoms with E-state index < -0.39 is 0 Å². The Morgan fingerprint density at radius 3 is 2.53 bits per heavy atom. The van der Waals surface area contributed by atoms with E-state index in [1.54, 1.807) is 12.1 Å². The summed E-state index contributed by atoms with van der Waals surface area (Å²) in [5.41, 5.74) is 8.01. The van der Waals surface area contributed by atoms with Gasteiger partial charge in [-0.25, -0.2) is 4.79 Å². The lowest BCUT2D eigenvalue weighted by atomic mass is 10.1. The summed E-state index contributed by atoms with van der Waals surface area (Å²) in [4.78, 5) is 11.4. The standard InChI is InChI=1S/C15H22N2O2/c1-19-15(18)11-8-9-14(13(16)10-11)17-12-6-4-2-3-5-7-12/h8-10,12,17H,2-7,16H2,1H3. The SMILES string of the molecule is COC(=O)c1ccc(NC2CCCCCC2)c(N)c1. The number of anilines is 2. The van der Waals surface area contributed by atoms with Gasteiger partial charge in [-0.3, -0.25) is 0 Å². The zero-order chi connectivity index (χ0) is 13.7. The van der Waals surface area contributed by atoms with Crippen molar-refractivity contribution >= 4 is 17.3 Å². The number of esters is 1. The Bertz CT molecular complexity index is 438. The molecule has 0 bridgehead atoms. The van der Waals surface area contributed by atoms with Crippen molar-refractivity contribution < 1.29 is 9.53 Å². The molecule has 3 N–H and O–H groups in total. The predicted molar refractivity (Wildman–Crippen MR) is 77.3 cm³/mol. The van der Waals surface area contributed by atoms with Crippen LogP contribution in [-0.2, 0) is 4.74 Å². The number of nitrogens with one attached hydrogen (secondary N) is 1. The van der Waals surface area contributed by atoms with Gasteiger partial charge in [-0.2, -0.15) is 0 Å². The van der Waals surface area contributed by atoms with E-state index in [0.29, 0.717) is 17.3 Å². The highest BCUT2D eigenvalue weighted by Gasteiger charge is 2.14. The van der Waals surface area contributed by atoms with Gasteiger partial charge in [-0.05, 0) is 31.0 Å². The number of hydrogen-bond donors (Lipinski definition) is 2. The summed E-state index contributed by atoms with van der Waals surface area (Å²) in [6.07, 6.45) is 7.59. The molecule has 0 spiro atoms. The Labute approximate surface area is 114 Å². The van der Waals surface area contributed by atoms with Crippen LogP contribution in [0.15, 0.2) is 18.2 Å². The second-order valence-corrected chi connectivity index (χ2v) is 5.13. The molecule has 0 saturated heterocycles. The number of rotatable bonds is 3. The van der Waals surface area contributed by atoms with Crippen molar-refractivity contribution in [1.29, 1.82) is 0 Å². The first-order valence-electron chi connectivity index (χ1n) is 6.95. The molecule has 4 heteroatoms. The second kappa shape index (κ2) is 6.45. The Balaban J connectivity index is 2.05. The maximum Gasteiger partial charge on any atom is 0.337 e. The molecule has 0 atom stereocenters. The highest BCUT2D eigenvalue weighted by Crippen LogP contribution is 2.25. The Morgan fingerprint density at radius 1 is 1.26 bits per heavy atom. The Morgan fingerprint density at radius 2 is 1.95 bits per heavy atom. The van der Waals surface area contributed by atoms with Gasteiger partial charge in [0.15, 0.2) is 0 Å². The van der Waals surface area contributed by atoms with Gasteiger partial charge in [0, 0.05) is 6.04 Å². The smallest absolute Gasteiger partial charge is 0.337 e. The van der Waals surface area contributed by atoms with E-state index in [1.165, 1.54) is 45.6 Å². The summed E-state index contributed by atoms with van der Waals surface area (Å²) in [5, 5.41) is 3.50. The molecule has 2 rings (SSSR count). The molecule has 1 aromatic carbocycles. The van der Waals surface area contributed by atoms with Crippen LogP contribution in [0.3, 0.4) is 0 Å². The lowest BCUT2D eigenvalue weighted by Gasteiger charge is -2.19. The molecule has 0 amide bonds. The zero-order valence-corrected chi connectivity index (χ0v) is 11.4. The maximum atomic E-state index is 11.4. The van der Waals surface area contributed by atoms with E-state index in [0.717, 1.165) is 5.69 Å². The van der Waals surface area contributed by atoms with Gasteiger partial charge in [0.2, 0.25) is 0 Å². The number of nitrogen functional groups attached to an aromatic ring is 1. The zero-order valence-electron chi connectivity index (χ0n) is 11.4. The second-order valence-electron chi connectivity index (χ2n) is 5.13. The quantitative estimate of drug-likeness (QED) is 0.499. The van der Waals surface area contributed by atoms with Crippen LogP contribution in [0, 0.1) is 0 Å². The molecular formula is C15H22N2O2. The van der Waals surface area contributed by atoms with Crippen LogP contribution >= 0.6 is 0 Å². The van der Waals surface area contributed by atoms with Crippen LogP contribution in [0.25, 0.3) is 0 Å². The van der Waals surface area contributed by atoms with E-state index in [1.807, 2.05) is 6.07 Å². The molecule has 1 aliphatic carbocycles. The molecule has 4 nitrogen and oxygen atoms in total. The highest BCUT2D eigenvalue weighted by molar-refractivity contribution is 5.91. The highest BCUT2D eigenvalue weighted by atomic mass is 16.5. The van der Waals surface area contributed by atoms with Gasteiger partial charge in [0.1, 0.15) is 0 Å². The van der Waals surface area contributed by atoms with Gasteiger partial charge in [0.05, 0.1) is 24.0 Å². The third kappa shape index (κ3) is 3.63. The molecular weight excluding hydrogens is 240 g/mol. The van der Waals surface area contributed by atoms with Crippen molar-refractivity contribution in [1.82, 2.24) is 0 Å². The average molecular weight is 262 g/mol. The van der Waals surface area contributed by atoms with E-state index in [9.17, 15) is 4.79 Å². The third-order valence-corrected chi connectivity index (χ3v) is 3.69. The largest absolute Gasteiger partial charge is 0.465 e. The monoisotopic (exact) mass is 262 g/mol. The molecule has 1 fully saturated rings. The van der Waals surface area contributed by atoms with Crippen molar-refractivity contribution in [3.8, 4) is 0 Å². The van der Waals surface area contributed by atoms with Crippen LogP contribution in [0.1, 0.15) is 48.9 Å². The molecule has 0 heterocycles. The number of ether oxygens (including phenoxy) is 1. The van der Waals surface area contributed by atoms with E-state index in [4.69, 9.17) is 5.73 Å². The molecule has 0 aliphatic heterocycles. The minimum Gasteiger partial charge on any atom is -0.465 e. The molecule has 1 aromatic rings. The summed E-state index contributed by atoms with van der Waals surface area (Å²) in [6.45, 7) is 0. The average Bonchev–Trinajstić information content (AvgIpc) is 2.68. The molecule has 0 radical (unpaired) electrons. The third-order valence-electron chi connectivity index (χ3n) is 3.69. The molecule has 0 aromatic heterocycles. The number of hydrogen-bond acceptors (Lipinski definition) is 4. The first kappa shape index (κ1) is 13.7. The first-order valence-corrected chi connectivity index (χ1v) is 6.95. The van der Waals surface area contributed by atoms with Gasteiger partial charge < -0.3 is 15.8 Å². The van der Waals surface area contributed by atoms with Crippen molar-refractivity contribution in [2.24, 2.45) is 0 Å². The molecule has 1 aliphatic rings. The van der Waals surface area contributed by atoms with Crippen molar-refractivity contribution in [3.05, 3.63) is 23.8 Å². The normalized spacial score (nSPS) is 16.7. The molecule has 104 valence electrons. The maximum absolute atomic E-state index is 11.4. The summed E-state index contributed by atoms with van der Waals surface area (Å²) < 4.78 is 4.68. The first-order chi connectivity index (χ1) is 9.20. The molecule has 0 unspecified atom stereocenters. The fourth-order valence-electron chi connectivity index (χ4n) is 2.58. The number of carbonyl (C=O) groups excluding carboxylic acids is 1. The Kier molecular flexibility index (Phi) is 4.66. The summed E-state index contributed by atoms with van der Waals surface area (Å²) >= 11 is 0. The minimum atomic E-state index is -0.354. The van der Waals surface area contributed by atoms with E-state index in [2.05, 4.69) is 10.1 Å². The van der Waals surface area contributed by atoms with Crippen LogP contribution in [0.4, 0.5) is 11.4 Å². The van der Waals surface area contributed by atoms with Crippen LogP contribution in [-0.4, -0.2) is 19.1 Å². The van der Waals surface area contributed by atoms with Crippen molar-refractivity contribution in [3.63, 3.8) is 0 Å². The topological polar surface area (TPSA) is 64.3 Å². The van der Waals surface area contributed by atoms with Crippen molar-refractivity contribution in [2.75, 3.05) is 18.2 Å². The summed E-state index contributed by atoms with van der Waals surface area (Å²) in [7, 11) is 1.37. The summed E-state index contributed by atoms with van der Waals surface area (Å²) in [6, 6.07) is 5.78. The van der Waals surface area contributed by atoms with E-state index in [-0.39, 0.29) is 5.97 Å². The van der Waals surface area contributed by atoms with Gasteiger partial charge in [-0.1, -0.05) is 25.7 Å². The fraction of sp³-hybridized carbons (Fsp3) is 0.533. The summed E-state index contributed by atoms with van der Waals surface area (Å²) in [5.74, 6) is -0.354. The lowest BCUT2D eigenvalue weighted by Crippen LogP contribution is -2.19. The van der Waals surface area contributed by atoms with Gasteiger partial charge in [0.25, 0.3) is 0 Å². The molecule has 19 heavy (non-hydrogen) atoms. The number of methoxy groups -OCH3 is 1. The van der Waals surface area contributed by atoms with Crippen LogP contribution in [0.5, 0.6) is 0 Å². The minimum absolute atomic E-state index is 0.354. The molecule has 1 saturated carbocycles. The predicted octanol–water partition coefficient (Wildman–Crippen LogP) is 3.19. The number of nitrogens with two attached hydrogens (primary N) is 1.